The van der Waals surface area contributed by atoms with Crippen molar-refractivity contribution in [1.82, 2.24) is 9.55 Å². The topological polar surface area (TPSA) is 36.3 Å². The number of hydrogen-bond acceptors (Lipinski definition) is 3. The molecule has 0 atom stereocenters. The van der Waals surface area contributed by atoms with Crippen molar-refractivity contribution in [3.63, 3.8) is 0 Å². The van der Waals surface area contributed by atoms with Crippen LogP contribution in [0.5, 0.6) is 17.5 Å². The summed E-state index contributed by atoms with van der Waals surface area (Å²) in [5.41, 5.74) is 1.96. The predicted molar refractivity (Wildman–Crippen MR) is 94.7 cm³/mol. The zero-order valence-corrected chi connectivity index (χ0v) is 13.9. The van der Waals surface area contributed by atoms with Gasteiger partial charge in [-0.15, -0.1) is 0 Å². The minimum Gasteiger partial charge on any atom is -0.461 e. The zero-order valence-electron chi connectivity index (χ0n) is 13.9. The molecule has 24 heavy (non-hydrogen) atoms. The van der Waals surface area contributed by atoms with E-state index >= 15 is 0 Å². The highest BCUT2D eigenvalue weighted by molar-refractivity contribution is 5.78. The number of aromatic nitrogens is 2. The van der Waals surface area contributed by atoms with Crippen LogP contribution in [0.4, 0.5) is 0 Å². The summed E-state index contributed by atoms with van der Waals surface area (Å²) in [7, 11) is 2.00. The van der Waals surface area contributed by atoms with Crippen LogP contribution in [-0.2, 0) is 7.05 Å². The lowest BCUT2D eigenvalue weighted by Crippen LogP contribution is -2.21. The van der Waals surface area contributed by atoms with E-state index in [0.29, 0.717) is 12.1 Å². The van der Waals surface area contributed by atoms with Crippen molar-refractivity contribution >= 4 is 11.0 Å². The molecule has 0 aliphatic heterocycles. The van der Waals surface area contributed by atoms with Crippen molar-refractivity contribution < 1.29 is 9.47 Å². The van der Waals surface area contributed by atoms with E-state index in [-0.39, 0.29) is 0 Å². The lowest BCUT2D eigenvalue weighted by molar-refractivity contribution is 0.138. The van der Waals surface area contributed by atoms with Crippen LogP contribution in [0.1, 0.15) is 32.1 Å². The van der Waals surface area contributed by atoms with Crippen LogP contribution < -0.4 is 9.47 Å². The van der Waals surface area contributed by atoms with E-state index in [0.717, 1.165) is 35.4 Å². The van der Waals surface area contributed by atoms with E-state index in [2.05, 4.69) is 4.98 Å². The van der Waals surface area contributed by atoms with E-state index in [1.54, 1.807) is 0 Å². The average molecular weight is 322 g/mol. The first-order valence-electron chi connectivity index (χ1n) is 8.65. The van der Waals surface area contributed by atoms with E-state index < -0.39 is 0 Å². The molecule has 1 saturated carbocycles. The van der Waals surface area contributed by atoms with Gasteiger partial charge in [0.25, 0.3) is 6.01 Å². The van der Waals surface area contributed by atoms with Gasteiger partial charge in [-0.1, -0.05) is 24.6 Å². The standard InChI is InChI=1S/C20H22N2O2/c1-22-19-14-17(23-15-8-4-2-5-9-15)12-13-18(19)21-20(22)24-16-10-6-3-7-11-16/h2,4-5,8-9,12-14,16H,3,6-7,10-11H2,1H3. The molecule has 1 aromatic heterocycles. The Kier molecular flexibility index (Phi) is 4.11. The third-order valence-corrected chi connectivity index (χ3v) is 4.61. The van der Waals surface area contributed by atoms with Crippen LogP contribution in [0.15, 0.2) is 48.5 Å². The van der Waals surface area contributed by atoms with Gasteiger partial charge >= 0.3 is 0 Å². The maximum absolute atomic E-state index is 6.14. The van der Waals surface area contributed by atoms with Gasteiger partial charge in [-0.2, -0.15) is 4.98 Å². The zero-order chi connectivity index (χ0) is 16.4. The van der Waals surface area contributed by atoms with E-state index in [4.69, 9.17) is 9.47 Å². The maximum Gasteiger partial charge on any atom is 0.297 e. The second kappa shape index (κ2) is 6.56. The molecular formula is C20H22N2O2. The second-order valence-corrected chi connectivity index (χ2v) is 6.40. The molecule has 0 amide bonds. The Morgan fingerprint density at radius 1 is 0.958 bits per heavy atom. The second-order valence-electron chi connectivity index (χ2n) is 6.40. The van der Waals surface area contributed by atoms with Gasteiger partial charge in [0, 0.05) is 13.1 Å². The Labute approximate surface area is 142 Å². The molecule has 0 unspecified atom stereocenters. The summed E-state index contributed by atoms with van der Waals surface area (Å²) < 4.78 is 14.1. The Morgan fingerprint density at radius 2 is 1.75 bits per heavy atom. The Balaban J connectivity index is 1.58. The summed E-state index contributed by atoms with van der Waals surface area (Å²) >= 11 is 0. The predicted octanol–water partition coefficient (Wildman–Crippen LogP) is 5.08. The van der Waals surface area contributed by atoms with Crippen molar-refractivity contribution in [2.45, 2.75) is 38.2 Å². The molecule has 3 aromatic rings. The molecule has 0 saturated heterocycles. The molecule has 0 bridgehead atoms. The van der Waals surface area contributed by atoms with Crippen molar-refractivity contribution in [2.24, 2.45) is 7.05 Å². The van der Waals surface area contributed by atoms with Gasteiger partial charge in [-0.3, -0.25) is 4.57 Å². The van der Waals surface area contributed by atoms with Gasteiger partial charge in [0.1, 0.15) is 17.6 Å². The normalized spacial score (nSPS) is 15.5. The van der Waals surface area contributed by atoms with Gasteiger partial charge in [0.05, 0.1) is 11.0 Å². The van der Waals surface area contributed by atoms with Crippen LogP contribution in [0.25, 0.3) is 11.0 Å². The molecule has 124 valence electrons. The van der Waals surface area contributed by atoms with Gasteiger partial charge in [-0.25, -0.2) is 0 Å². The molecule has 1 fully saturated rings. The fourth-order valence-electron chi connectivity index (χ4n) is 3.27. The fraction of sp³-hybridized carbons (Fsp3) is 0.350. The van der Waals surface area contributed by atoms with Crippen LogP contribution in [-0.4, -0.2) is 15.7 Å². The molecule has 0 spiro atoms. The minimum atomic E-state index is 0.300. The number of hydrogen-bond donors (Lipinski definition) is 0. The number of ether oxygens (including phenoxy) is 2. The van der Waals surface area contributed by atoms with Crippen molar-refractivity contribution in [2.75, 3.05) is 0 Å². The summed E-state index contributed by atoms with van der Waals surface area (Å²) in [4.78, 5) is 4.64. The molecule has 4 nitrogen and oxygen atoms in total. The van der Waals surface area contributed by atoms with E-state index in [1.807, 2.05) is 60.1 Å². The molecule has 4 rings (SSSR count). The quantitative estimate of drug-likeness (QED) is 0.672. The summed E-state index contributed by atoms with van der Waals surface area (Å²) in [6, 6.07) is 16.5. The average Bonchev–Trinajstić information content (AvgIpc) is 2.93. The molecule has 4 heteroatoms. The Morgan fingerprint density at radius 3 is 2.54 bits per heavy atom. The largest absolute Gasteiger partial charge is 0.461 e. The summed E-state index contributed by atoms with van der Waals surface area (Å²) in [5.74, 6) is 1.64. The Bertz CT molecular complexity index is 820. The van der Waals surface area contributed by atoms with E-state index in [9.17, 15) is 0 Å². The molecule has 0 N–H and O–H groups in total. The van der Waals surface area contributed by atoms with Crippen molar-refractivity contribution in [3.05, 3.63) is 48.5 Å². The number of rotatable bonds is 4. The molecule has 1 heterocycles. The third kappa shape index (κ3) is 3.09. The van der Waals surface area contributed by atoms with E-state index in [1.165, 1.54) is 19.3 Å². The summed E-state index contributed by atoms with van der Waals surface area (Å²) in [6.07, 6.45) is 6.39. The van der Waals surface area contributed by atoms with Crippen LogP contribution in [0.3, 0.4) is 0 Å². The molecule has 0 radical (unpaired) electrons. The molecule has 2 aromatic carbocycles. The lowest BCUT2D eigenvalue weighted by Gasteiger charge is -2.22. The minimum absolute atomic E-state index is 0.300. The number of aryl methyl sites for hydroxylation is 1. The first-order valence-corrected chi connectivity index (χ1v) is 8.65. The molecule has 1 aliphatic rings. The summed E-state index contributed by atoms with van der Waals surface area (Å²) in [6.45, 7) is 0. The number of fused-ring (bicyclic) bond motifs is 1. The van der Waals surface area contributed by atoms with Crippen LogP contribution >= 0.6 is 0 Å². The van der Waals surface area contributed by atoms with Gasteiger partial charge in [0.15, 0.2) is 0 Å². The van der Waals surface area contributed by atoms with Crippen molar-refractivity contribution in [3.8, 4) is 17.5 Å². The van der Waals surface area contributed by atoms with Crippen LogP contribution in [0, 0.1) is 0 Å². The van der Waals surface area contributed by atoms with Crippen LogP contribution in [0.2, 0.25) is 0 Å². The van der Waals surface area contributed by atoms with Gasteiger partial charge in [-0.05, 0) is 49.9 Å². The number of para-hydroxylation sites is 1. The molecule has 1 aliphatic carbocycles. The van der Waals surface area contributed by atoms with Gasteiger partial charge < -0.3 is 9.47 Å². The number of nitrogens with zero attached hydrogens (tertiary/aromatic N) is 2. The monoisotopic (exact) mass is 322 g/mol. The number of imidazole rings is 1. The lowest BCUT2D eigenvalue weighted by atomic mass is 9.98. The highest BCUT2D eigenvalue weighted by Crippen LogP contribution is 2.29. The first-order chi connectivity index (χ1) is 11.8. The summed E-state index contributed by atoms with van der Waals surface area (Å²) in [5, 5.41) is 0. The molecular weight excluding hydrogens is 300 g/mol. The fourth-order valence-corrected chi connectivity index (χ4v) is 3.27. The highest BCUT2D eigenvalue weighted by atomic mass is 16.5. The first kappa shape index (κ1) is 15.1. The van der Waals surface area contributed by atoms with Crippen molar-refractivity contribution in [1.29, 1.82) is 0 Å². The third-order valence-electron chi connectivity index (χ3n) is 4.61. The Hall–Kier alpha value is -2.49. The van der Waals surface area contributed by atoms with Gasteiger partial charge in [0.2, 0.25) is 0 Å². The number of benzene rings is 2. The maximum atomic E-state index is 6.14. The smallest absolute Gasteiger partial charge is 0.297 e. The SMILES string of the molecule is Cn1c(OC2CCCCC2)nc2ccc(Oc3ccccc3)cc21. The highest BCUT2D eigenvalue weighted by Gasteiger charge is 2.18.